The van der Waals surface area contributed by atoms with Crippen molar-refractivity contribution in [3.05, 3.63) is 107 Å². The highest BCUT2D eigenvalue weighted by Crippen LogP contribution is 2.24. The highest BCUT2D eigenvalue weighted by Gasteiger charge is 2.21. The number of carbonyl (C=O) groups is 3. The number of aryl methyl sites for hydroxylation is 1. The van der Waals surface area contributed by atoms with E-state index in [4.69, 9.17) is 18.9 Å². The number of carbonyl (C=O) groups excluding carboxylic acids is 3. The molecule has 8 heteroatoms. The molecule has 1 saturated heterocycles. The van der Waals surface area contributed by atoms with Crippen LogP contribution in [0.15, 0.2) is 78.9 Å². The maximum Gasteiger partial charge on any atom is 0.409 e. The Morgan fingerprint density at radius 1 is 0.905 bits per heavy atom. The molecule has 1 aliphatic heterocycles. The SMILES string of the molecule is COC(=O)c1ccc(CCC(/C=C/c2ccccc2OCCCN2CCOC2=O)Cc2ccc(C(=O)OC)cc2)cc1. The van der Waals surface area contributed by atoms with Crippen LogP contribution < -0.4 is 4.74 Å². The van der Waals surface area contributed by atoms with Crippen LogP contribution in [0.5, 0.6) is 5.75 Å². The Morgan fingerprint density at radius 2 is 1.55 bits per heavy atom. The molecule has 42 heavy (non-hydrogen) atoms. The molecule has 1 atom stereocenters. The molecule has 0 aromatic heterocycles. The van der Waals surface area contributed by atoms with Gasteiger partial charge in [-0.3, -0.25) is 0 Å². The molecule has 1 unspecified atom stereocenters. The number of benzene rings is 3. The van der Waals surface area contributed by atoms with E-state index in [-0.39, 0.29) is 23.9 Å². The van der Waals surface area contributed by atoms with E-state index in [1.807, 2.05) is 48.5 Å². The fraction of sp³-hybridized carbons (Fsp3) is 0.324. The van der Waals surface area contributed by atoms with Gasteiger partial charge >= 0.3 is 18.0 Å². The molecule has 1 fully saturated rings. The third-order valence-corrected chi connectivity index (χ3v) is 7.19. The predicted molar refractivity (Wildman–Crippen MR) is 160 cm³/mol. The standard InChI is InChI=1S/C34H37NO7/c1-39-32(36)29-16-10-25(11-17-29)8-9-26(24-27-13-18-30(19-14-27)33(37)40-2)12-15-28-6-3-4-7-31(28)41-22-5-20-35-21-23-42-34(35)38/h3-4,6-7,10-19,26H,5,8-9,20-24H2,1-2H3/b15-12+. The second kappa shape index (κ2) is 15.4. The molecule has 1 heterocycles. The molecule has 3 aromatic carbocycles. The first-order valence-corrected chi connectivity index (χ1v) is 14.1. The van der Waals surface area contributed by atoms with E-state index in [1.165, 1.54) is 14.2 Å². The number of rotatable bonds is 14. The summed E-state index contributed by atoms with van der Waals surface area (Å²) in [7, 11) is 2.75. The molecule has 1 aliphatic rings. The Balaban J connectivity index is 1.43. The number of allylic oxidation sites excluding steroid dienone is 1. The molecular weight excluding hydrogens is 534 g/mol. The van der Waals surface area contributed by atoms with Gasteiger partial charge in [-0.2, -0.15) is 0 Å². The van der Waals surface area contributed by atoms with E-state index >= 15 is 0 Å². The predicted octanol–water partition coefficient (Wildman–Crippen LogP) is 5.99. The van der Waals surface area contributed by atoms with E-state index in [9.17, 15) is 14.4 Å². The van der Waals surface area contributed by atoms with E-state index in [0.717, 1.165) is 41.7 Å². The number of hydrogen-bond donors (Lipinski definition) is 0. The van der Waals surface area contributed by atoms with Crippen LogP contribution in [0.2, 0.25) is 0 Å². The van der Waals surface area contributed by atoms with Crippen molar-refractivity contribution in [2.45, 2.75) is 25.7 Å². The molecule has 0 bridgehead atoms. The monoisotopic (exact) mass is 571 g/mol. The van der Waals surface area contributed by atoms with Gasteiger partial charge in [0.25, 0.3) is 0 Å². The van der Waals surface area contributed by atoms with Crippen molar-refractivity contribution in [2.75, 3.05) is 40.5 Å². The lowest BCUT2D eigenvalue weighted by Gasteiger charge is -2.15. The van der Waals surface area contributed by atoms with Crippen LogP contribution in [0, 0.1) is 5.92 Å². The maximum absolute atomic E-state index is 11.9. The van der Waals surface area contributed by atoms with Crippen molar-refractivity contribution in [3.8, 4) is 5.75 Å². The van der Waals surface area contributed by atoms with Crippen LogP contribution in [0.25, 0.3) is 6.08 Å². The van der Waals surface area contributed by atoms with Gasteiger partial charge in [0, 0.05) is 12.1 Å². The topological polar surface area (TPSA) is 91.4 Å². The van der Waals surface area contributed by atoms with Gasteiger partial charge in [0.2, 0.25) is 0 Å². The number of cyclic esters (lactones) is 1. The van der Waals surface area contributed by atoms with Gasteiger partial charge in [-0.25, -0.2) is 14.4 Å². The summed E-state index contributed by atoms with van der Waals surface area (Å²) >= 11 is 0. The summed E-state index contributed by atoms with van der Waals surface area (Å²) in [5, 5.41) is 0. The molecular formula is C34H37NO7. The lowest BCUT2D eigenvalue weighted by molar-refractivity contribution is 0.0592. The number of amides is 1. The lowest BCUT2D eigenvalue weighted by atomic mass is 9.91. The summed E-state index contributed by atoms with van der Waals surface area (Å²) < 4.78 is 20.7. The average Bonchev–Trinajstić information content (AvgIpc) is 3.45. The zero-order chi connectivity index (χ0) is 29.7. The van der Waals surface area contributed by atoms with Gasteiger partial charge in [0.1, 0.15) is 12.4 Å². The van der Waals surface area contributed by atoms with Gasteiger partial charge in [0.15, 0.2) is 0 Å². The highest BCUT2D eigenvalue weighted by atomic mass is 16.6. The molecule has 0 aliphatic carbocycles. The van der Waals surface area contributed by atoms with Crippen molar-refractivity contribution >= 4 is 24.1 Å². The summed E-state index contributed by atoms with van der Waals surface area (Å²) in [6.45, 7) is 2.17. The fourth-order valence-electron chi connectivity index (χ4n) is 4.80. The number of esters is 2. The van der Waals surface area contributed by atoms with Crippen LogP contribution in [-0.4, -0.2) is 63.5 Å². The third-order valence-electron chi connectivity index (χ3n) is 7.19. The lowest BCUT2D eigenvalue weighted by Crippen LogP contribution is -2.26. The molecule has 0 radical (unpaired) electrons. The number of hydrogen-bond acceptors (Lipinski definition) is 7. The van der Waals surface area contributed by atoms with Gasteiger partial charge in [0.05, 0.1) is 38.5 Å². The molecule has 3 aromatic rings. The Hall–Kier alpha value is -4.59. The first kappa shape index (κ1) is 30.4. The Labute approximate surface area is 246 Å². The molecule has 0 spiro atoms. The Bertz CT molecular complexity index is 1370. The molecule has 220 valence electrons. The van der Waals surface area contributed by atoms with Crippen LogP contribution in [0.1, 0.15) is 50.2 Å². The highest BCUT2D eigenvalue weighted by molar-refractivity contribution is 5.89. The van der Waals surface area contributed by atoms with Gasteiger partial charge in [-0.1, -0.05) is 54.6 Å². The second-order valence-electron chi connectivity index (χ2n) is 10.1. The molecule has 4 rings (SSSR count). The van der Waals surface area contributed by atoms with Gasteiger partial charge in [-0.05, 0) is 73.1 Å². The number of methoxy groups -OCH3 is 2. The molecule has 0 saturated carbocycles. The Kier molecular flexibility index (Phi) is 11.2. The quantitative estimate of drug-likeness (QED) is 0.133. The number of nitrogens with zero attached hydrogens (tertiary/aromatic N) is 1. The summed E-state index contributed by atoms with van der Waals surface area (Å²) in [4.78, 5) is 37.0. The summed E-state index contributed by atoms with van der Waals surface area (Å²) in [6, 6.07) is 22.9. The molecule has 1 amide bonds. The van der Waals surface area contributed by atoms with Crippen molar-refractivity contribution < 1.29 is 33.3 Å². The van der Waals surface area contributed by atoms with Crippen molar-refractivity contribution in [2.24, 2.45) is 5.92 Å². The third kappa shape index (κ3) is 8.70. The first-order valence-electron chi connectivity index (χ1n) is 14.1. The van der Waals surface area contributed by atoms with Crippen LogP contribution in [-0.2, 0) is 27.1 Å². The zero-order valence-corrected chi connectivity index (χ0v) is 24.1. The zero-order valence-electron chi connectivity index (χ0n) is 24.1. The minimum atomic E-state index is -0.356. The van der Waals surface area contributed by atoms with Crippen LogP contribution in [0.3, 0.4) is 0 Å². The van der Waals surface area contributed by atoms with E-state index < -0.39 is 0 Å². The van der Waals surface area contributed by atoms with Gasteiger partial charge < -0.3 is 23.8 Å². The van der Waals surface area contributed by atoms with Crippen LogP contribution in [0.4, 0.5) is 4.79 Å². The largest absolute Gasteiger partial charge is 0.493 e. The second-order valence-corrected chi connectivity index (χ2v) is 10.1. The first-order chi connectivity index (χ1) is 20.5. The smallest absolute Gasteiger partial charge is 0.409 e. The molecule has 8 nitrogen and oxygen atoms in total. The number of para-hydroxylation sites is 1. The minimum absolute atomic E-state index is 0.198. The summed E-state index contributed by atoms with van der Waals surface area (Å²) in [5.41, 5.74) is 4.27. The van der Waals surface area contributed by atoms with Crippen molar-refractivity contribution in [1.29, 1.82) is 0 Å². The van der Waals surface area contributed by atoms with Crippen molar-refractivity contribution in [3.63, 3.8) is 0 Å². The summed E-state index contributed by atoms with van der Waals surface area (Å²) in [6.07, 6.45) is 7.25. The van der Waals surface area contributed by atoms with E-state index in [2.05, 4.69) is 12.2 Å². The molecule has 0 N–H and O–H groups in total. The maximum atomic E-state index is 11.9. The van der Waals surface area contributed by atoms with E-state index in [1.54, 1.807) is 29.2 Å². The fourth-order valence-corrected chi connectivity index (χ4v) is 4.80. The normalized spacial score (nSPS) is 13.6. The number of ether oxygens (including phenoxy) is 4. The Morgan fingerprint density at radius 3 is 2.17 bits per heavy atom. The van der Waals surface area contributed by atoms with Crippen molar-refractivity contribution in [1.82, 2.24) is 4.90 Å². The van der Waals surface area contributed by atoms with Gasteiger partial charge in [-0.15, -0.1) is 0 Å². The minimum Gasteiger partial charge on any atom is -0.493 e. The van der Waals surface area contributed by atoms with E-state index in [0.29, 0.717) is 43.9 Å². The summed E-state index contributed by atoms with van der Waals surface area (Å²) in [5.74, 6) is 0.281. The average molecular weight is 572 g/mol. The van der Waals surface area contributed by atoms with Crippen LogP contribution >= 0.6 is 0 Å².